The van der Waals surface area contributed by atoms with E-state index in [1.165, 1.54) is 31.2 Å². The molecule has 0 unspecified atom stereocenters. The SMILES string of the molecule is CC(=O)Oc1cccc(S(=O)(=O)c2ccc(CCCNC[C@@H](O)c3cccc(Cl)c3)cc2)c1.Cl. The van der Waals surface area contributed by atoms with Crippen LogP contribution in [0, 0.1) is 0 Å². The average Bonchev–Trinajstić information content (AvgIpc) is 2.79. The maximum absolute atomic E-state index is 12.9. The van der Waals surface area contributed by atoms with Gasteiger partial charge < -0.3 is 15.2 Å². The van der Waals surface area contributed by atoms with E-state index in [9.17, 15) is 18.3 Å². The molecule has 0 fully saturated rings. The van der Waals surface area contributed by atoms with Crippen LogP contribution in [0.5, 0.6) is 5.75 Å². The van der Waals surface area contributed by atoms with Crippen LogP contribution in [-0.2, 0) is 21.1 Å². The Kier molecular flexibility index (Phi) is 10.5. The molecule has 3 aromatic carbocycles. The molecule has 34 heavy (non-hydrogen) atoms. The molecule has 9 heteroatoms. The summed E-state index contributed by atoms with van der Waals surface area (Å²) in [6.45, 7) is 2.39. The van der Waals surface area contributed by atoms with E-state index < -0.39 is 21.9 Å². The molecule has 0 aromatic heterocycles. The van der Waals surface area contributed by atoms with Crippen molar-refractivity contribution in [1.29, 1.82) is 0 Å². The maximum Gasteiger partial charge on any atom is 0.308 e. The van der Waals surface area contributed by atoms with Crippen LogP contribution in [0.25, 0.3) is 0 Å². The minimum absolute atomic E-state index is 0. The first kappa shape index (κ1) is 27.8. The number of aliphatic hydroxyl groups is 1. The predicted octanol–water partition coefficient (Wildman–Crippen LogP) is 4.78. The monoisotopic (exact) mass is 523 g/mol. The molecular formula is C25H27Cl2NO5S. The van der Waals surface area contributed by atoms with Gasteiger partial charge in [-0.2, -0.15) is 0 Å². The maximum atomic E-state index is 12.9. The standard InChI is InChI=1S/C25H26ClNO5S.ClH/c1-18(28)32-22-8-3-9-24(16-22)33(30,31)23-12-10-19(11-13-23)5-4-14-27-17-25(29)20-6-2-7-21(26)15-20;/h2-3,6-13,15-16,25,27,29H,4-5,14,17H2,1H3;1H/t25-;/m1./s1. The van der Waals surface area contributed by atoms with Crippen molar-refractivity contribution in [3.05, 3.63) is 88.9 Å². The van der Waals surface area contributed by atoms with Crippen molar-refractivity contribution in [2.24, 2.45) is 0 Å². The number of halogens is 2. The molecule has 0 amide bonds. The highest BCUT2D eigenvalue weighted by Gasteiger charge is 2.18. The van der Waals surface area contributed by atoms with Gasteiger partial charge in [0.2, 0.25) is 9.84 Å². The molecular weight excluding hydrogens is 497 g/mol. The largest absolute Gasteiger partial charge is 0.427 e. The number of aliphatic hydroxyl groups excluding tert-OH is 1. The number of hydrogen-bond acceptors (Lipinski definition) is 6. The van der Waals surface area contributed by atoms with Crippen LogP contribution in [0.1, 0.15) is 30.6 Å². The summed E-state index contributed by atoms with van der Waals surface area (Å²) in [5.74, 6) is -0.324. The minimum Gasteiger partial charge on any atom is -0.427 e. The number of rotatable bonds is 10. The van der Waals surface area contributed by atoms with Crippen LogP contribution in [0.3, 0.4) is 0 Å². The first-order valence-corrected chi connectivity index (χ1v) is 12.4. The first-order valence-electron chi connectivity index (χ1n) is 10.5. The van der Waals surface area contributed by atoms with Gasteiger partial charge in [0, 0.05) is 18.5 Å². The van der Waals surface area contributed by atoms with Gasteiger partial charge in [0.1, 0.15) is 5.75 Å². The summed E-state index contributed by atoms with van der Waals surface area (Å²) < 4.78 is 30.8. The highest BCUT2D eigenvalue weighted by atomic mass is 35.5. The second-order valence-electron chi connectivity index (χ2n) is 7.59. The number of esters is 1. The van der Waals surface area contributed by atoms with Gasteiger partial charge in [-0.3, -0.25) is 4.79 Å². The smallest absolute Gasteiger partial charge is 0.308 e. The van der Waals surface area contributed by atoms with Crippen molar-refractivity contribution in [3.8, 4) is 5.75 Å². The molecule has 0 heterocycles. The molecule has 2 N–H and O–H groups in total. The lowest BCUT2D eigenvalue weighted by Gasteiger charge is -2.12. The molecule has 0 saturated carbocycles. The van der Waals surface area contributed by atoms with Gasteiger partial charge in [-0.25, -0.2) is 8.42 Å². The third-order valence-corrected chi connectivity index (χ3v) is 7.00. The van der Waals surface area contributed by atoms with E-state index in [0.717, 1.165) is 24.0 Å². The van der Waals surface area contributed by atoms with Gasteiger partial charge in [0.25, 0.3) is 0 Å². The molecule has 182 valence electrons. The van der Waals surface area contributed by atoms with Crippen LogP contribution in [0.2, 0.25) is 5.02 Å². The second-order valence-corrected chi connectivity index (χ2v) is 9.98. The predicted molar refractivity (Wildman–Crippen MR) is 134 cm³/mol. The van der Waals surface area contributed by atoms with E-state index >= 15 is 0 Å². The zero-order valence-electron chi connectivity index (χ0n) is 18.6. The van der Waals surface area contributed by atoms with Crippen molar-refractivity contribution in [1.82, 2.24) is 5.32 Å². The van der Waals surface area contributed by atoms with Crippen molar-refractivity contribution in [3.63, 3.8) is 0 Å². The second kappa shape index (κ2) is 12.9. The third-order valence-electron chi connectivity index (χ3n) is 5.00. The molecule has 1 atom stereocenters. The molecule has 0 aliphatic rings. The molecule has 0 aliphatic heterocycles. The number of hydrogen-bond donors (Lipinski definition) is 2. The fraction of sp³-hybridized carbons (Fsp3) is 0.240. The zero-order chi connectivity index (χ0) is 23.8. The Hall–Kier alpha value is -2.42. The van der Waals surface area contributed by atoms with Gasteiger partial charge in [-0.1, -0.05) is 41.9 Å². The van der Waals surface area contributed by atoms with Gasteiger partial charge in [-0.15, -0.1) is 12.4 Å². The van der Waals surface area contributed by atoms with Crippen molar-refractivity contribution in [2.45, 2.75) is 35.7 Å². The normalized spacial score (nSPS) is 12.0. The lowest BCUT2D eigenvalue weighted by atomic mass is 10.1. The number of benzene rings is 3. The van der Waals surface area contributed by atoms with E-state index in [1.807, 2.05) is 6.07 Å². The fourth-order valence-electron chi connectivity index (χ4n) is 3.33. The molecule has 3 rings (SSSR count). The minimum atomic E-state index is -3.72. The Morgan fingerprint density at radius 1 is 1.03 bits per heavy atom. The Morgan fingerprint density at radius 3 is 2.41 bits per heavy atom. The molecule has 0 aliphatic carbocycles. The Bertz CT molecular complexity index is 1200. The fourth-order valence-corrected chi connectivity index (χ4v) is 4.82. The van der Waals surface area contributed by atoms with Crippen LogP contribution < -0.4 is 10.1 Å². The Morgan fingerprint density at radius 2 is 1.74 bits per heavy atom. The first-order chi connectivity index (χ1) is 15.8. The highest BCUT2D eigenvalue weighted by Crippen LogP contribution is 2.25. The molecule has 6 nitrogen and oxygen atoms in total. The van der Waals surface area contributed by atoms with Crippen LogP contribution in [-0.4, -0.2) is 32.6 Å². The molecule has 0 saturated heterocycles. The zero-order valence-corrected chi connectivity index (χ0v) is 21.0. The van der Waals surface area contributed by atoms with Crippen molar-refractivity contribution in [2.75, 3.05) is 13.1 Å². The lowest BCUT2D eigenvalue weighted by molar-refractivity contribution is -0.131. The number of ether oxygens (including phenoxy) is 1. The van der Waals surface area contributed by atoms with Gasteiger partial charge in [0.05, 0.1) is 15.9 Å². The third kappa shape index (κ3) is 7.82. The summed E-state index contributed by atoms with van der Waals surface area (Å²) in [6.07, 6.45) is 0.967. The van der Waals surface area contributed by atoms with Gasteiger partial charge in [-0.05, 0) is 73.0 Å². The van der Waals surface area contributed by atoms with Crippen molar-refractivity contribution < 1.29 is 23.1 Å². The topological polar surface area (TPSA) is 92.7 Å². The average molecular weight is 524 g/mol. The molecule has 0 spiro atoms. The Labute approximate surface area is 211 Å². The highest BCUT2D eigenvalue weighted by molar-refractivity contribution is 7.91. The number of nitrogens with one attached hydrogen (secondary N) is 1. The van der Waals surface area contributed by atoms with E-state index in [0.29, 0.717) is 18.1 Å². The molecule has 0 radical (unpaired) electrons. The van der Waals surface area contributed by atoms with Crippen LogP contribution >= 0.6 is 24.0 Å². The lowest BCUT2D eigenvalue weighted by Crippen LogP contribution is -2.22. The quantitative estimate of drug-likeness (QED) is 0.225. The van der Waals surface area contributed by atoms with Crippen molar-refractivity contribution >= 4 is 39.8 Å². The van der Waals surface area contributed by atoms with E-state index in [1.54, 1.807) is 42.5 Å². The van der Waals surface area contributed by atoms with Gasteiger partial charge in [0.15, 0.2) is 0 Å². The van der Waals surface area contributed by atoms with Crippen LogP contribution in [0.4, 0.5) is 0 Å². The molecule has 3 aromatic rings. The van der Waals surface area contributed by atoms with E-state index in [-0.39, 0.29) is 27.9 Å². The summed E-state index contributed by atoms with van der Waals surface area (Å²) in [6, 6.07) is 19.8. The summed E-state index contributed by atoms with van der Waals surface area (Å²) in [4.78, 5) is 11.4. The van der Waals surface area contributed by atoms with Gasteiger partial charge >= 0.3 is 5.97 Å². The summed E-state index contributed by atoms with van der Waals surface area (Å²) >= 11 is 5.95. The van der Waals surface area contributed by atoms with E-state index in [2.05, 4.69) is 5.32 Å². The molecule has 0 bridgehead atoms. The Balaban J connectivity index is 0.00000408. The summed E-state index contributed by atoms with van der Waals surface area (Å²) in [5, 5.41) is 14.0. The van der Waals surface area contributed by atoms with E-state index in [4.69, 9.17) is 16.3 Å². The number of carbonyl (C=O) groups is 1. The number of sulfone groups is 1. The van der Waals surface area contributed by atoms with Crippen LogP contribution in [0.15, 0.2) is 82.6 Å². The summed E-state index contributed by atoms with van der Waals surface area (Å²) in [7, 11) is -3.72. The summed E-state index contributed by atoms with van der Waals surface area (Å²) in [5.41, 5.74) is 1.78. The number of aryl methyl sites for hydroxylation is 1. The number of carbonyl (C=O) groups excluding carboxylic acids is 1.